The van der Waals surface area contributed by atoms with E-state index in [1.807, 2.05) is 13.8 Å². The van der Waals surface area contributed by atoms with E-state index in [4.69, 9.17) is 9.84 Å². The number of carboxylic acid groups (broad SMARTS) is 1. The van der Waals surface area contributed by atoms with Crippen molar-refractivity contribution in [1.82, 2.24) is 0 Å². The van der Waals surface area contributed by atoms with Crippen molar-refractivity contribution in [1.29, 1.82) is 0 Å². The Bertz CT molecular complexity index is 244. The number of carboxylic acids is 1. The van der Waals surface area contributed by atoms with Crippen molar-refractivity contribution in [3.05, 3.63) is 0 Å². The third-order valence-corrected chi connectivity index (χ3v) is 2.32. The van der Waals surface area contributed by atoms with E-state index in [-0.39, 0.29) is 70.2 Å². The number of esters is 1. The van der Waals surface area contributed by atoms with Gasteiger partial charge in [-0.1, -0.05) is 26.2 Å². The molecule has 6 heteroatoms. The van der Waals surface area contributed by atoms with Crippen molar-refractivity contribution in [3.8, 4) is 0 Å². The van der Waals surface area contributed by atoms with E-state index in [0.29, 0.717) is 0 Å². The average molecular weight is 278 g/mol. The number of carbonyl (C=O) groups excluding carboxylic acids is 1. The Morgan fingerprint density at radius 3 is 2.17 bits per heavy atom. The van der Waals surface area contributed by atoms with Crippen molar-refractivity contribution < 1.29 is 19.4 Å². The van der Waals surface area contributed by atoms with Gasteiger partial charge in [0, 0.05) is 0 Å². The van der Waals surface area contributed by atoms with E-state index in [1.54, 1.807) is 0 Å². The molecule has 0 aromatic carbocycles. The van der Waals surface area contributed by atoms with Gasteiger partial charge in [0.25, 0.3) is 0 Å². The number of rotatable bonds is 8. The van der Waals surface area contributed by atoms with Gasteiger partial charge >= 0.3 is 82.2 Å². The molecule has 0 bridgehead atoms. The molecule has 1 N–H and O–H groups in total. The topological polar surface area (TPSA) is 63.6 Å². The summed E-state index contributed by atoms with van der Waals surface area (Å²) in [6.45, 7) is 5.77. The molecular weight excluding hydrogens is 254 g/mol. The molecule has 18 heavy (non-hydrogen) atoms. The number of ether oxygens (including phenoxy) is 1. The predicted molar refractivity (Wildman–Crippen MR) is 75.5 cm³/mol. The molecule has 98 valence electrons. The van der Waals surface area contributed by atoms with Crippen LogP contribution in [0.15, 0.2) is 0 Å². The number of carbonyl (C=O) groups is 2. The molecule has 0 rings (SSSR count). The molecule has 0 saturated heterocycles. The van der Waals surface area contributed by atoms with Crippen LogP contribution in [0.2, 0.25) is 0 Å². The number of aliphatic carboxylic acids is 1. The van der Waals surface area contributed by atoms with Gasteiger partial charge in [0.1, 0.15) is 12.0 Å². The fraction of sp³-hybridized carbons (Fsp3) is 0.833. The molecule has 0 radical (unpaired) electrons. The van der Waals surface area contributed by atoms with E-state index < -0.39 is 24.0 Å². The standard InChI is InChI=1S/C12H22O4.K.Li.2H/c1-4-5-6-7-8-12(2,3)16-11(15)9-10(13)14;;;;/h4-9H2,1-3H3,(H,13,14);;;;. The minimum absolute atomic E-state index is 0. The molecule has 0 aromatic rings. The number of hydrogen-bond donors (Lipinski definition) is 1. The molecule has 0 aliphatic heterocycles. The van der Waals surface area contributed by atoms with Crippen LogP contribution in [-0.2, 0) is 14.3 Å². The van der Waals surface area contributed by atoms with Gasteiger partial charge in [-0.05, 0) is 26.7 Å². The summed E-state index contributed by atoms with van der Waals surface area (Å²) >= 11 is 0. The SMILES string of the molecule is CCCCCCC(C)(C)OC(=O)CC(=O)O.[KH].[LiH]. The Hall–Kier alpha value is 1.17. The van der Waals surface area contributed by atoms with Crippen LogP contribution in [0.3, 0.4) is 0 Å². The van der Waals surface area contributed by atoms with Gasteiger partial charge < -0.3 is 9.84 Å². The Balaban J connectivity index is -0.00000112. The van der Waals surface area contributed by atoms with Crippen molar-refractivity contribution in [2.75, 3.05) is 0 Å². The summed E-state index contributed by atoms with van der Waals surface area (Å²) in [4.78, 5) is 21.4. The second-order valence-electron chi connectivity index (χ2n) is 4.61. The second-order valence-corrected chi connectivity index (χ2v) is 4.61. The fourth-order valence-corrected chi connectivity index (χ4v) is 1.50. The van der Waals surface area contributed by atoms with Crippen LogP contribution in [0.1, 0.15) is 59.3 Å². The van der Waals surface area contributed by atoms with Crippen molar-refractivity contribution in [3.63, 3.8) is 0 Å². The van der Waals surface area contributed by atoms with Crippen LogP contribution >= 0.6 is 0 Å². The first kappa shape index (κ1) is 24.2. The summed E-state index contributed by atoms with van der Waals surface area (Å²) in [6.07, 6.45) is 4.69. The van der Waals surface area contributed by atoms with Crippen molar-refractivity contribution >= 4 is 82.2 Å². The van der Waals surface area contributed by atoms with Gasteiger partial charge in [-0.3, -0.25) is 9.59 Å². The zero-order chi connectivity index (χ0) is 12.6. The van der Waals surface area contributed by atoms with E-state index >= 15 is 0 Å². The molecule has 0 saturated carbocycles. The summed E-state index contributed by atoms with van der Waals surface area (Å²) in [6, 6.07) is 0. The molecule has 0 spiro atoms. The molecule has 0 unspecified atom stereocenters. The summed E-state index contributed by atoms with van der Waals surface area (Å²) in [5.41, 5.74) is -0.555. The molecule has 0 heterocycles. The molecule has 4 nitrogen and oxygen atoms in total. The first-order valence-corrected chi connectivity index (χ1v) is 5.81. The van der Waals surface area contributed by atoms with Crippen LogP contribution in [0, 0.1) is 0 Å². The first-order valence-electron chi connectivity index (χ1n) is 5.81. The fourth-order valence-electron chi connectivity index (χ4n) is 1.50. The van der Waals surface area contributed by atoms with Gasteiger partial charge in [-0.15, -0.1) is 0 Å². The quantitative estimate of drug-likeness (QED) is 0.316. The van der Waals surface area contributed by atoms with Crippen LogP contribution in [0.4, 0.5) is 0 Å². The minimum atomic E-state index is -1.15. The Kier molecular flexibility index (Phi) is 17.7. The molecule has 0 aliphatic carbocycles. The molecule has 0 aromatic heterocycles. The van der Waals surface area contributed by atoms with Crippen LogP contribution in [0.25, 0.3) is 0 Å². The van der Waals surface area contributed by atoms with Gasteiger partial charge in [0.05, 0.1) is 0 Å². The zero-order valence-corrected chi connectivity index (χ0v) is 10.4. The summed E-state index contributed by atoms with van der Waals surface area (Å²) < 4.78 is 5.11. The predicted octanol–water partition coefficient (Wildman–Crippen LogP) is 1.46. The van der Waals surface area contributed by atoms with Crippen LogP contribution in [-0.4, -0.2) is 92.9 Å². The maximum atomic E-state index is 11.2. The Morgan fingerprint density at radius 1 is 1.17 bits per heavy atom. The second kappa shape index (κ2) is 13.2. The first-order chi connectivity index (χ1) is 7.37. The number of hydrogen-bond acceptors (Lipinski definition) is 3. The van der Waals surface area contributed by atoms with E-state index in [0.717, 1.165) is 19.3 Å². The van der Waals surface area contributed by atoms with Crippen molar-refractivity contribution in [2.45, 2.75) is 64.9 Å². The van der Waals surface area contributed by atoms with Gasteiger partial charge in [-0.2, -0.15) is 0 Å². The van der Waals surface area contributed by atoms with Crippen LogP contribution in [0.5, 0.6) is 0 Å². The Labute approximate surface area is 164 Å². The summed E-state index contributed by atoms with van der Waals surface area (Å²) in [5, 5.41) is 8.43. The summed E-state index contributed by atoms with van der Waals surface area (Å²) in [7, 11) is 0. The molecule has 0 aliphatic rings. The van der Waals surface area contributed by atoms with Crippen LogP contribution < -0.4 is 0 Å². The maximum absolute atomic E-state index is 11.2. The average Bonchev–Trinajstić information content (AvgIpc) is 2.10. The van der Waals surface area contributed by atoms with Gasteiger partial charge in [0.15, 0.2) is 0 Å². The van der Waals surface area contributed by atoms with E-state index in [9.17, 15) is 9.59 Å². The normalized spacial score (nSPS) is 9.94. The molecule has 0 fully saturated rings. The van der Waals surface area contributed by atoms with E-state index in [1.165, 1.54) is 12.8 Å². The van der Waals surface area contributed by atoms with Gasteiger partial charge in [-0.25, -0.2) is 0 Å². The Morgan fingerprint density at radius 2 is 1.72 bits per heavy atom. The molecule has 0 amide bonds. The zero-order valence-electron chi connectivity index (χ0n) is 10.4. The third kappa shape index (κ3) is 15.2. The molecule has 0 atom stereocenters. The monoisotopic (exact) mass is 278 g/mol. The number of unbranched alkanes of at least 4 members (excludes halogenated alkanes) is 3. The van der Waals surface area contributed by atoms with E-state index in [2.05, 4.69) is 6.92 Å². The summed E-state index contributed by atoms with van der Waals surface area (Å²) in [5.74, 6) is -1.81. The molecular formula is C12H24KLiO4. The van der Waals surface area contributed by atoms with Crippen molar-refractivity contribution in [2.24, 2.45) is 0 Å². The van der Waals surface area contributed by atoms with Gasteiger partial charge in [0.2, 0.25) is 0 Å². The third-order valence-electron chi connectivity index (χ3n) is 2.32.